The molecule has 2 aromatic rings. The van der Waals surface area contributed by atoms with Crippen LogP contribution in [0.15, 0.2) is 48.5 Å². The Morgan fingerprint density at radius 3 is 2.12 bits per heavy atom. The predicted octanol–water partition coefficient (Wildman–Crippen LogP) is 3.24. The summed E-state index contributed by atoms with van der Waals surface area (Å²) in [7, 11) is 1.63. The van der Waals surface area contributed by atoms with Gasteiger partial charge in [-0.25, -0.2) is 0 Å². The Morgan fingerprint density at radius 2 is 1.60 bits per heavy atom. The molecule has 0 radical (unpaired) electrons. The number of ether oxygens (including phenoxy) is 1. The maximum Gasteiger partial charge on any atom is 0.227 e. The zero-order valence-corrected chi connectivity index (χ0v) is 14.9. The van der Waals surface area contributed by atoms with E-state index in [2.05, 4.69) is 5.32 Å². The van der Waals surface area contributed by atoms with E-state index >= 15 is 0 Å². The number of hydrogen-bond donors (Lipinski definition) is 1. The maximum absolute atomic E-state index is 12.6. The molecule has 0 unspecified atom stereocenters. The normalized spacial score (nSPS) is 10.2. The number of rotatable bonds is 7. The molecule has 132 valence electrons. The average molecular weight is 340 g/mol. The van der Waals surface area contributed by atoms with Gasteiger partial charge < -0.3 is 15.0 Å². The van der Waals surface area contributed by atoms with Gasteiger partial charge in [0.15, 0.2) is 0 Å². The Bertz CT molecular complexity index is 709. The first kappa shape index (κ1) is 18.5. The second-order valence-corrected chi connectivity index (χ2v) is 5.81. The number of carbonyl (C=O) groups excluding carboxylic acids is 2. The molecule has 0 spiro atoms. The minimum Gasteiger partial charge on any atom is -0.497 e. The molecule has 0 aromatic heterocycles. The zero-order chi connectivity index (χ0) is 18.2. The predicted molar refractivity (Wildman–Crippen MR) is 98.5 cm³/mol. The number of likely N-dealkylation sites (N-methyl/N-ethyl adjacent to an activating group) is 1. The van der Waals surface area contributed by atoms with Gasteiger partial charge in [0.1, 0.15) is 5.75 Å². The van der Waals surface area contributed by atoms with E-state index in [1.165, 1.54) is 6.92 Å². The van der Waals surface area contributed by atoms with Crippen molar-refractivity contribution in [1.29, 1.82) is 0 Å². The maximum atomic E-state index is 12.6. The molecule has 0 aliphatic rings. The Morgan fingerprint density at radius 1 is 1.00 bits per heavy atom. The van der Waals surface area contributed by atoms with Crippen LogP contribution >= 0.6 is 0 Å². The Hall–Kier alpha value is -2.82. The topological polar surface area (TPSA) is 58.6 Å². The molecule has 0 heterocycles. The summed E-state index contributed by atoms with van der Waals surface area (Å²) in [5.74, 6) is 0.767. The fourth-order valence-corrected chi connectivity index (χ4v) is 2.52. The van der Waals surface area contributed by atoms with Crippen LogP contribution in [0.1, 0.15) is 25.0 Å². The number of benzene rings is 2. The number of anilines is 1. The van der Waals surface area contributed by atoms with Gasteiger partial charge in [-0.05, 0) is 42.3 Å². The Kier molecular flexibility index (Phi) is 6.57. The van der Waals surface area contributed by atoms with Crippen LogP contribution in [0.3, 0.4) is 0 Å². The zero-order valence-electron chi connectivity index (χ0n) is 14.9. The lowest BCUT2D eigenvalue weighted by molar-refractivity contribution is -0.130. The van der Waals surface area contributed by atoms with Gasteiger partial charge in [-0.2, -0.15) is 0 Å². The van der Waals surface area contributed by atoms with E-state index < -0.39 is 0 Å². The lowest BCUT2D eigenvalue weighted by atomic mass is 10.1. The molecule has 25 heavy (non-hydrogen) atoms. The second kappa shape index (κ2) is 8.87. The quantitative estimate of drug-likeness (QED) is 0.842. The van der Waals surface area contributed by atoms with E-state index in [1.807, 2.05) is 60.4 Å². The summed E-state index contributed by atoms with van der Waals surface area (Å²) in [6, 6.07) is 15.1. The van der Waals surface area contributed by atoms with E-state index in [0.717, 1.165) is 22.6 Å². The highest BCUT2D eigenvalue weighted by Gasteiger charge is 2.13. The van der Waals surface area contributed by atoms with Crippen molar-refractivity contribution in [3.05, 3.63) is 59.7 Å². The van der Waals surface area contributed by atoms with Crippen LogP contribution < -0.4 is 10.1 Å². The number of hydrogen-bond acceptors (Lipinski definition) is 3. The van der Waals surface area contributed by atoms with E-state index in [9.17, 15) is 9.59 Å². The number of carbonyl (C=O) groups is 2. The average Bonchev–Trinajstić information content (AvgIpc) is 2.61. The standard InChI is InChI=1S/C20H24N2O3/c1-4-22(14-17-7-11-19(25-3)12-8-17)20(24)13-16-5-9-18(10-6-16)21-15(2)23/h5-12H,4,13-14H2,1-3H3,(H,21,23). The third-order valence-corrected chi connectivity index (χ3v) is 3.90. The van der Waals surface area contributed by atoms with Crippen LogP contribution in [0.25, 0.3) is 0 Å². The molecule has 5 heteroatoms. The van der Waals surface area contributed by atoms with Crippen LogP contribution in [-0.4, -0.2) is 30.4 Å². The molecule has 0 bridgehead atoms. The number of nitrogens with zero attached hydrogens (tertiary/aromatic N) is 1. The molecule has 2 amide bonds. The summed E-state index contributed by atoms with van der Waals surface area (Å²) in [6.07, 6.45) is 0.338. The van der Waals surface area contributed by atoms with Crippen molar-refractivity contribution in [2.75, 3.05) is 19.0 Å². The fourth-order valence-electron chi connectivity index (χ4n) is 2.52. The molecule has 0 aliphatic heterocycles. The van der Waals surface area contributed by atoms with Crippen molar-refractivity contribution < 1.29 is 14.3 Å². The van der Waals surface area contributed by atoms with Gasteiger partial charge in [-0.3, -0.25) is 9.59 Å². The van der Waals surface area contributed by atoms with Crippen molar-refractivity contribution >= 4 is 17.5 Å². The van der Waals surface area contributed by atoms with Gasteiger partial charge in [0.25, 0.3) is 0 Å². The van der Waals surface area contributed by atoms with Crippen LogP contribution in [0.2, 0.25) is 0 Å². The first-order chi connectivity index (χ1) is 12.0. The van der Waals surface area contributed by atoms with Gasteiger partial charge >= 0.3 is 0 Å². The summed E-state index contributed by atoms with van der Waals surface area (Å²) in [5, 5.41) is 2.72. The van der Waals surface area contributed by atoms with Gasteiger partial charge in [0.05, 0.1) is 13.5 Å². The third kappa shape index (κ3) is 5.64. The molecule has 1 N–H and O–H groups in total. The summed E-state index contributed by atoms with van der Waals surface area (Å²) in [6.45, 7) is 4.66. The van der Waals surface area contributed by atoms with Gasteiger partial charge in [-0.15, -0.1) is 0 Å². The number of amides is 2. The second-order valence-electron chi connectivity index (χ2n) is 5.81. The first-order valence-electron chi connectivity index (χ1n) is 8.29. The molecule has 2 rings (SSSR count). The van der Waals surface area contributed by atoms with Gasteiger partial charge in [0.2, 0.25) is 11.8 Å². The molecule has 2 aromatic carbocycles. The molecular weight excluding hydrogens is 316 g/mol. The van der Waals surface area contributed by atoms with Crippen LogP contribution in [-0.2, 0) is 22.6 Å². The highest BCUT2D eigenvalue weighted by molar-refractivity contribution is 5.88. The van der Waals surface area contributed by atoms with Gasteiger partial charge in [-0.1, -0.05) is 24.3 Å². The minimum absolute atomic E-state index is 0.0746. The summed E-state index contributed by atoms with van der Waals surface area (Å²) >= 11 is 0. The molecule has 0 aliphatic carbocycles. The molecular formula is C20H24N2O3. The van der Waals surface area contributed by atoms with E-state index in [1.54, 1.807) is 7.11 Å². The van der Waals surface area contributed by atoms with Crippen molar-refractivity contribution in [3.63, 3.8) is 0 Å². The molecule has 0 saturated carbocycles. The monoisotopic (exact) mass is 340 g/mol. The molecule has 0 fully saturated rings. The SMILES string of the molecule is CCN(Cc1ccc(OC)cc1)C(=O)Cc1ccc(NC(C)=O)cc1. The van der Waals surface area contributed by atoms with E-state index in [4.69, 9.17) is 4.74 Å². The molecule has 0 atom stereocenters. The molecule has 0 saturated heterocycles. The van der Waals surface area contributed by atoms with E-state index in [0.29, 0.717) is 19.5 Å². The smallest absolute Gasteiger partial charge is 0.227 e. The lowest BCUT2D eigenvalue weighted by Gasteiger charge is -2.21. The van der Waals surface area contributed by atoms with Crippen molar-refractivity contribution in [1.82, 2.24) is 4.90 Å². The highest BCUT2D eigenvalue weighted by Crippen LogP contribution is 2.15. The van der Waals surface area contributed by atoms with Crippen molar-refractivity contribution in [3.8, 4) is 5.75 Å². The first-order valence-corrected chi connectivity index (χ1v) is 8.29. The van der Waals surface area contributed by atoms with Crippen LogP contribution in [0, 0.1) is 0 Å². The molecule has 5 nitrogen and oxygen atoms in total. The summed E-state index contributed by atoms with van der Waals surface area (Å²) in [4.78, 5) is 25.4. The van der Waals surface area contributed by atoms with Crippen molar-refractivity contribution in [2.24, 2.45) is 0 Å². The number of nitrogens with one attached hydrogen (secondary N) is 1. The largest absolute Gasteiger partial charge is 0.497 e. The lowest BCUT2D eigenvalue weighted by Crippen LogP contribution is -2.31. The van der Waals surface area contributed by atoms with Crippen molar-refractivity contribution in [2.45, 2.75) is 26.8 Å². The van der Waals surface area contributed by atoms with Crippen LogP contribution in [0.4, 0.5) is 5.69 Å². The third-order valence-electron chi connectivity index (χ3n) is 3.90. The van der Waals surface area contributed by atoms with Crippen LogP contribution in [0.5, 0.6) is 5.75 Å². The van der Waals surface area contributed by atoms with Gasteiger partial charge in [0, 0.05) is 25.7 Å². The fraction of sp³-hybridized carbons (Fsp3) is 0.300. The Labute approximate surface area is 148 Å². The summed E-state index contributed by atoms with van der Waals surface area (Å²) < 4.78 is 5.15. The number of methoxy groups -OCH3 is 1. The minimum atomic E-state index is -0.111. The van der Waals surface area contributed by atoms with E-state index in [-0.39, 0.29) is 11.8 Å². The summed E-state index contributed by atoms with van der Waals surface area (Å²) in [5.41, 5.74) is 2.72. The Balaban J connectivity index is 1.97. The highest BCUT2D eigenvalue weighted by atomic mass is 16.5.